The second-order valence-electron chi connectivity index (χ2n) is 7.76. The Morgan fingerprint density at radius 3 is 2.81 bits per heavy atom. The van der Waals surface area contributed by atoms with Crippen LogP contribution in [0.4, 0.5) is 0 Å². The summed E-state index contributed by atoms with van der Waals surface area (Å²) in [5.74, 6) is 0.173. The van der Waals surface area contributed by atoms with Gasteiger partial charge in [0.15, 0.2) is 0 Å². The smallest absolute Gasteiger partial charge is 0.251 e. The van der Waals surface area contributed by atoms with Crippen molar-refractivity contribution in [2.75, 3.05) is 45.9 Å². The second kappa shape index (κ2) is 8.06. The average molecular weight is 362 g/mol. The van der Waals surface area contributed by atoms with Gasteiger partial charge in [-0.2, -0.15) is 5.10 Å². The number of carbonyl (C=O) groups excluding carboxylic acids is 1. The van der Waals surface area contributed by atoms with Crippen LogP contribution in [-0.4, -0.2) is 83.1 Å². The summed E-state index contributed by atoms with van der Waals surface area (Å²) in [7, 11) is 0. The Morgan fingerprint density at radius 2 is 2.08 bits per heavy atom. The van der Waals surface area contributed by atoms with Crippen LogP contribution in [0, 0.1) is 0 Å². The Kier molecular flexibility index (Phi) is 5.57. The number of ether oxygens (including phenoxy) is 2. The van der Waals surface area contributed by atoms with E-state index in [0.717, 1.165) is 71.4 Å². The Hall–Kier alpha value is -1.44. The molecule has 0 bridgehead atoms. The van der Waals surface area contributed by atoms with E-state index in [1.165, 1.54) is 0 Å². The number of likely N-dealkylation sites (tertiary alicyclic amines) is 1. The standard InChI is InChI=1S/C19H30N4O3/c24-18(17-4-1-14-25-17)22-13-15-26-19(16-22)5-11-21(12-6-19)8-3-10-23-9-2-7-20-23/h2,7,9,17H,1,3-6,8,10-16H2/t17-/m1/s1. The number of piperidine rings is 1. The summed E-state index contributed by atoms with van der Waals surface area (Å²) in [5, 5.41) is 4.26. The van der Waals surface area contributed by atoms with Crippen LogP contribution in [0.3, 0.4) is 0 Å². The number of morpholine rings is 1. The molecule has 7 nitrogen and oxygen atoms in total. The Labute approximate surface area is 155 Å². The highest BCUT2D eigenvalue weighted by Crippen LogP contribution is 2.31. The van der Waals surface area contributed by atoms with E-state index in [1.807, 2.05) is 28.0 Å². The van der Waals surface area contributed by atoms with E-state index in [4.69, 9.17) is 9.47 Å². The van der Waals surface area contributed by atoms with Crippen LogP contribution in [0.5, 0.6) is 0 Å². The molecule has 4 rings (SSSR count). The third-order valence-electron chi connectivity index (χ3n) is 5.95. The van der Waals surface area contributed by atoms with Gasteiger partial charge in [-0.1, -0.05) is 0 Å². The molecule has 3 aliphatic heterocycles. The third kappa shape index (κ3) is 4.10. The lowest BCUT2D eigenvalue weighted by atomic mass is 9.89. The number of carbonyl (C=O) groups is 1. The van der Waals surface area contributed by atoms with Crippen LogP contribution in [-0.2, 0) is 20.8 Å². The van der Waals surface area contributed by atoms with E-state index >= 15 is 0 Å². The van der Waals surface area contributed by atoms with E-state index in [2.05, 4.69) is 10.00 Å². The summed E-state index contributed by atoms with van der Waals surface area (Å²) in [4.78, 5) is 17.2. The van der Waals surface area contributed by atoms with E-state index in [9.17, 15) is 4.79 Å². The summed E-state index contributed by atoms with van der Waals surface area (Å²) in [6.45, 7) is 6.95. The van der Waals surface area contributed by atoms with Crippen LogP contribution in [0.1, 0.15) is 32.1 Å². The van der Waals surface area contributed by atoms with E-state index < -0.39 is 0 Å². The first-order valence-corrected chi connectivity index (χ1v) is 9.98. The molecule has 0 aromatic carbocycles. The normalized spacial score (nSPS) is 26.5. The number of aryl methyl sites for hydroxylation is 1. The molecule has 1 aromatic rings. The van der Waals surface area contributed by atoms with Crippen molar-refractivity contribution < 1.29 is 14.3 Å². The largest absolute Gasteiger partial charge is 0.371 e. The highest BCUT2D eigenvalue weighted by Gasteiger charge is 2.42. The highest BCUT2D eigenvalue weighted by atomic mass is 16.5. The van der Waals surface area contributed by atoms with Crippen molar-refractivity contribution in [3.63, 3.8) is 0 Å². The number of hydrogen-bond donors (Lipinski definition) is 0. The van der Waals surface area contributed by atoms with E-state index in [0.29, 0.717) is 13.2 Å². The lowest BCUT2D eigenvalue weighted by molar-refractivity contribution is -0.166. The van der Waals surface area contributed by atoms with Crippen LogP contribution in [0.2, 0.25) is 0 Å². The van der Waals surface area contributed by atoms with Gasteiger partial charge in [0.1, 0.15) is 6.10 Å². The van der Waals surface area contributed by atoms with Gasteiger partial charge < -0.3 is 19.3 Å². The van der Waals surface area contributed by atoms with Crippen molar-refractivity contribution >= 4 is 5.91 Å². The van der Waals surface area contributed by atoms with Crippen molar-refractivity contribution in [2.45, 2.75) is 50.4 Å². The molecular formula is C19H30N4O3. The molecule has 26 heavy (non-hydrogen) atoms. The predicted octanol–water partition coefficient (Wildman–Crippen LogP) is 1.15. The molecule has 0 N–H and O–H groups in total. The predicted molar refractivity (Wildman–Crippen MR) is 96.8 cm³/mol. The maximum Gasteiger partial charge on any atom is 0.251 e. The summed E-state index contributed by atoms with van der Waals surface area (Å²) in [5.41, 5.74) is -0.148. The van der Waals surface area contributed by atoms with Gasteiger partial charge in [0, 0.05) is 51.7 Å². The summed E-state index contributed by atoms with van der Waals surface area (Å²) in [6.07, 6.45) is 8.61. The lowest BCUT2D eigenvalue weighted by Gasteiger charge is -2.47. The van der Waals surface area contributed by atoms with Gasteiger partial charge in [-0.05, 0) is 44.7 Å². The molecule has 1 atom stereocenters. The van der Waals surface area contributed by atoms with Gasteiger partial charge in [0.2, 0.25) is 0 Å². The van der Waals surface area contributed by atoms with Gasteiger partial charge in [0.25, 0.3) is 5.91 Å². The van der Waals surface area contributed by atoms with E-state index in [1.54, 1.807) is 0 Å². The number of amides is 1. The first-order valence-electron chi connectivity index (χ1n) is 9.98. The first kappa shape index (κ1) is 17.9. The number of nitrogens with zero attached hydrogens (tertiary/aromatic N) is 4. The van der Waals surface area contributed by atoms with Gasteiger partial charge in [-0.25, -0.2) is 0 Å². The van der Waals surface area contributed by atoms with Crippen molar-refractivity contribution in [1.82, 2.24) is 19.6 Å². The molecular weight excluding hydrogens is 332 g/mol. The number of hydrogen-bond acceptors (Lipinski definition) is 5. The van der Waals surface area contributed by atoms with Crippen LogP contribution in [0.15, 0.2) is 18.5 Å². The Balaban J connectivity index is 1.24. The first-order chi connectivity index (χ1) is 12.7. The molecule has 7 heteroatoms. The second-order valence-corrected chi connectivity index (χ2v) is 7.76. The zero-order chi connectivity index (χ0) is 17.8. The van der Waals surface area contributed by atoms with Gasteiger partial charge in [-0.3, -0.25) is 9.48 Å². The quantitative estimate of drug-likeness (QED) is 0.786. The summed E-state index contributed by atoms with van der Waals surface area (Å²) in [6, 6.07) is 1.97. The maximum atomic E-state index is 12.7. The molecule has 0 saturated carbocycles. The summed E-state index contributed by atoms with van der Waals surface area (Å²) < 4.78 is 13.8. The Bertz CT molecular complexity index is 578. The van der Waals surface area contributed by atoms with Crippen LogP contribution >= 0.6 is 0 Å². The minimum atomic E-state index is -0.215. The van der Waals surface area contributed by atoms with Crippen LogP contribution < -0.4 is 0 Å². The highest BCUT2D eigenvalue weighted by molar-refractivity contribution is 5.81. The molecule has 1 spiro atoms. The fourth-order valence-electron chi connectivity index (χ4n) is 4.38. The fraction of sp³-hybridized carbons (Fsp3) is 0.789. The fourth-order valence-corrected chi connectivity index (χ4v) is 4.38. The minimum Gasteiger partial charge on any atom is -0.371 e. The lowest BCUT2D eigenvalue weighted by Crippen LogP contribution is -2.59. The van der Waals surface area contributed by atoms with Gasteiger partial charge in [-0.15, -0.1) is 0 Å². The monoisotopic (exact) mass is 362 g/mol. The molecule has 1 amide bonds. The maximum absolute atomic E-state index is 12.7. The molecule has 1 aromatic heterocycles. The Morgan fingerprint density at radius 1 is 1.19 bits per heavy atom. The number of aromatic nitrogens is 2. The molecule has 0 aliphatic carbocycles. The van der Waals surface area contributed by atoms with Gasteiger partial charge >= 0.3 is 0 Å². The SMILES string of the molecule is O=C([C@H]1CCCO1)N1CCOC2(CCN(CCCn3cccn3)CC2)C1. The molecule has 4 heterocycles. The van der Waals surface area contributed by atoms with Crippen molar-refractivity contribution in [1.29, 1.82) is 0 Å². The molecule has 3 fully saturated rings. The van der Waals surface area contributed by atoms with Gasteiger partial charge in [0.05, 0.1) is 12.2 Å². The zero-order valence-corrected chi connectivity index (χ0v) is 15.5. The zero-order valence-electron chi connectivity index (χ0n) is 15.5. The molecule has 0 radical (unpaired) electrons. The molecule has 0 unspecified atom stereocenters. The molecule has 3 saturated heterocycles. The number of rotatable bonds is 5. The molecule has 144 valence electrons. The third-order valence-corrected chi connectivity index (χ3v) is 5.95. The van der Waals surface area contributed by atoms with Crippen LogP contribution in [0.25, 0.3) is 0 Å². The average Bonchev–Trinajstić information content (AvgIpc) is 3.37. The molecule has 3 aliphatic rings. The van der Waals surface area contributed by atoms with E-state index in [-0.39, 0.29) is 17.6 Å². The topological polar surface area (TPSA) is 59.8 Å². The van der Waals surface area contributed by atoms with Crippen molar-refractivity contribution in [3.8, 4) is 0 Å². The van der Waals surface area contributed by atoms with Crippen molar-refractivity contribution in [3.05, 3.63) is 18.5 Å². The van der Waals surface area contributed by atoms with Crippen molar-refractivity contribution in [2.24, 2.45) is 0 Å². The summed E-state index contributed by atoms with van der Waals surface area (Å²) >= 11 is 0. The minimum absolute atomic E-state index is 0.148.